The summed E-state index contributed by atoms with van der Waals surface area (Å²) in [5.41, 5.74) is 8.35. The maximum Gasteiger partial charge on any atom is 0.339 e. The summed E-state index contributed by atoms with van der Waals surface area (Å²) in [6, 6.07) is 15.5. The molecule has 3 aromatic rings. The molecule has 0 saturated heterocycles. The Hall–Kier alpha value is -3.74. The first kappa shape index (κ1) is 18.1. The molecule has 0 unspecified atom stereocenters. The van der Waals surface area contributed by atoms with Crippen molar-refractivity contribution >= 4 is 28.8 Å². The van der Waals surface area contributed by atoms with Gasteiger partial charge in [-0.3, -0.25) is 10.1 Å². The molecule has 136 valence electrons. The highest BCUT2D eigenvalue weighted by atomic mass is 16.5. The number of pyridine rings is 1. The summed E-state index contributed by atoms with van der Waals surface area (Å²) < 4.78 is 5.02. The molecule has 0 radical (unpaired) electrons. The second kappa shape index (κ2) is 7.65. The molecule has 0 aliphatic heterocycles. The van der Waals surface area contributed by atoms with Gasteiger partial charge < -0.3 is 10.5 Å². The van der Waals surface area contributed by atoms with Gasteiger partial charge in [0.15, 0.2) is 6.61 Å². The lowest BCUT2D eigenvalue weighted by Crippen LogP contribution is -2.37. The first-order valence-corrected chi connectivity index (χ1v) is 8.17. The maximum absolute atomic E-state index is 12.5. The van der Waals surface area contributed by atoms with Gasteiger partial charge in [-0.1, -0.05) is 48.0 Å². The van der Waals surface area contributed by atoms with Crippen LogP contribution in [0.1, 0.15) is 15.9 Å². The van der Waals surface area contributed by atoms with Crippen LogP contribution in [0.2, 0.25) is 0 Å². The highest BCUT2D eigenvalue weighted by Gasteiger charge is 2.17. The molecule has 0 bridgehead atoms. The number of hydrogen-bond acceptors (Lipinski definition) is 5. The van der Waals surface area contributed by atoms with Gasteiger partial charge in [0, 0.05) is 10.9 Å². The molecular formula is C20H17N3O4. The van der Waals surface area contributed by atoms with E-state index in [4.69, 9.17) is 10.5 Å². The zero-order valence-electron chi connectivity index (χ0n) is 14.6. The predicted octanol–water partition coefficient (Wildman–Crippen LogP) is 2.56. The van der Waals surface area contributed by atoms with Crippen LogP contribution in [0.15, 0.2) is 54.6 Å². The molecule has 0 atom stereocenters. The molecule has 2 aromatic carbocycles. The van der Waals surface area contributed by atoms with E-state index < -0.39 is 24.5 Å². The first-order chi connectivity index (χ1) is 12.9. The van der Waals surface area contributed by atoms with Gasteiger partial charge in [-0.25, -0.2) is 14.6 Å². The third-order valence-electron chi connectivity index (χ3n) is 3.88. The fourth-order valence-corrected chi connectivity index (χ4v) is 2.60. The molecule has 7 heteroatoms. The lowest BCUT2D eigenvalue weighted by atomic mass is 10.0. The zero-order valence-corrected chi connectivity index (χ0v) is 14.6. The van der Waals surface area contributed by atoms with Crippen molar-refractivity contribution in [1.82, 2.24) is 10.3 Å². The Kier molecular flexibility index (Phi) is 5.12. The summed E-state index contributed by atoms with van der Waals surface area (Å²) in [7, 11) is 0. The van der Waals surface area contributed by atoms with E-state index in [2.05, 4.69) is 4.98 Å². The number of para-hydroxylation sites is 1. The van der Waals surface area contributed by atoms with E-state index in [1.165, 1.54) is 0 Å². The summed E-state index contributed by atoms with van der Waals surface area (Å²) in [6.07, 6.45) is 0. The molecule has 0 fully saturated rings. The van der Waals surface area contributed by atoms with Crippen LogP contribution in [0.5, 0.6) is 0 Å². The van der Waals surface area contributed by atoms with Crippen LogP contribution in [0.4, 0.5) is 4.79 Å². The molecule has 1 heterocycles. The largest absolute Gasteiger partial charge is 0.452 e. The Morgan fingerprint density at radius 3 is 2.48 bits per heavy atom. The maximum atomic E-state index is 12.5. The number of benzene rings is 2. The van der Waals surface area contributed by atoms with Crippen LogP contribution in [0.25, 0.3) is 22.2 Å². The molecular weight excluding hydrogens is 346 g/mol. The highest BCUT2D eigenvalue weighted by molar-refractivity contribution is 6.05. The number of aromatic nitrogens is 1. The van der Waals surface area contributed by atoms with E-state index in [0.29, 0.717) is 16.6 Å². The van der Waals surface area contributed by atoms with E-state index in [9.17, 15) is 14.4 Å². The number of aryl methyl sites for hydroxylation is 1. The number of nitrogens with two attached hydrogens (primary N) is 1. The van der Waals surface area contributed by atoms with E-state index >= 15 is 0 Å². The third kappa shape index (κ3) is 4.27. The number of fused-ring (bicyclic) bond motifs is 1. The van der Waals surface area contributed by atoms with E-state index in [-0.39, 0.29) is 5.56 Å². The molecule has 0 saturated carbocycles. The molecule has 7 nitrogen and oxygen atoms in total. The van der Waals surface area contributed by atoms with Gasteiger partial charge in [0.25, 0.3) is 5.91 Å². The Bertz CT molecular complexity index is 1030. The van der Waals surface area contributed by atoms with Gasteiger partial charge in [-0.15, -0.1) is 0 Å². The van der Waals surface area contributed by atoms with Crippen molar-refractivity contribution in [2.45, 2.75) is 6.92 Å². The minimum atomic E-state index is -1.01. The third-order valence-corrected chi connectivity index (χ3v) is 3.88. The molecule has 3 rings (SSSR count). The number of carbonyl (C=O) groups excluding carboxylic acids is 3. The summed E-state index contributed by atoms with van der Waals surface area (Å²) in [4.78, 5) is 39.3. The van der Waals surface area contributed by atoms with Crippen LogP contribution in [-0.2, 0) is 9.53 Å². The van der Waals surface area contributed by atoms with Crippen molar-refractivity contribution < 1.29 is 19.1 Å². The number of imide groups is 1. The summed E-state index contributed by atoms with van der Waals surface area (Å²) in [5.74, 6) is -1.49. The Morgan fingerprint density at radius 1 is 1.07 bits per heavy atom. The van der Waals surface area contributed by atoms with E-state index in [0.717, 1.165) is 11.1 Å². The number of esters is 1. The van der Waals surface area contributed by atoms with Gasteiger partial charge in [0.2, 0.25) is 0 Å². The minimum absolute atomic E-state index is 0.281. The predicted molar refractivity (Wildman–Crippen MR) is 99.9 cm³/mol. The van der Waals surface area contributed by atoms with E-state index in [1.807, 2.05) is 42.6 Å². The van der Waals surface area contributed by atoms with Crippen molar-refractivity contribution in [2.75, 3.05) is 6.61 Å². The fourth-order valence-electron chi connectivity index (χ4n) is 2.60. The molecule has 3 N–H and O–H groups in total. The number of nitrogens with zero attached hydrogens (tertiary/aromatic N) is 1. The molecule has 27 heavy (non-hydrogen) atoms. The normalized spacial score (nSPS) is 10.4. The van der Waals surface area contributed by atoms with Crippen molar-refractivity contribution in [3.63, 3.8) is 0 Å². The summed E-state index contributed by atoms with van der Waals surface area (Å²) in [5, 5.41) is 2.44. The van der Waals surface area contributed by atoms with Gasteiger partial charge in [-0.2, -0.15) is 0 Å². The monoisotopic (exact) mass is 363 g/mol. The molecule has 1 aromatic heterocycles. The molecule has 0 aliphatic rings. The van der Waals surface area contributed by atoms with Crippen molar-refractivity contribution in [3.8, 4) is 11.3 Å². The number of nitrogens with one attached hydrogen (secondary N) is 1. The second-order valence-electron chi connectivity index (χ2n) is 5.93. The van der Waals surface area contributed by atoms with Crippen LogP contribution < -0.4 is 11.1 Å². The lowest BCUT2D eigenvalue weighted by Gasteiger charge is -2.10. The average Bonchev–Trinajstić information content (AvgIpc) is 2.65. The zero-order chi connectivity index (χ0) is 19.4. The van der Waals surface area contributed by atoms with Crippen LogP contribution >= 0.6 is 0 Å². The smallest absolute Gasteiger partial charge is 0.339 e. The average molecular weight is 363 g/mol. The van der Waals surface area contributed by atoms with Crippen molar-refractivity contribution in [1.29, 1.82) is 0 Å². The number of urea groups is 1. The van der Waals surface area contributed by atoms with Crippen molar-refractivity contribution in [2.24, 2.45) is 5.73 Å². The van der Waals surface area contributed by atoms with Gasteiger partial charge in [-0.05, 0) is 19.1 Å². The number of carbonyl (C=O) groups is 3. The Labute approximate surface area is 155 Å². The first-order valence-electron chi connectivity index (χ1n) is 8.17. The number of primary amides is 1. The summed E-state index contributed by atoms with van der Waals surface area (Å²) in [6.45, 7) is 1.37. The topological polar surface area (TPSA) is 111 Å². The van der Waals surface area contributed by atoms with E-state index in [1.54, 1.807) is 24.3 Å². The minimum Gasteiger partial charge on any atom is -0.452 e. The lowest BCUT2D eigenvalue weighted by molar-refractivity contribution is -0.123. The van der Waals surface area contributed by atoms with Crippen molar-refractivity contribution in [3.05, 3.63) is 65.7 Å². The molecule has 0 aliphatic carbocycles. The van der Waals surface area contributed by atoms with Gasteiger partial charge >= 0.3 is 12.0 Å². The number of ether oxygens (including phenoxy) is 1. The Balaban J connectivity index is 1.95. The van der Waals surface area contributed by atoms with Crippen LogP contribution in [0.3, 0.4) is 0 Å². The highest BCUT2D eigenvalue weighted by Crippen LogP contribution is 2.25. The van der Waals surface area contributed by atoms with Gasteiger partial charge in [0.05, 0.1) is 16.8 Å². The number of amides is 3. The fraction of sp³-hybridized carbons (Fsp3) is 0.100. The summed E-state index contributed by atoms with van der Waals surface area (Å²) >= 11 is 0. The second-order valence-corrected chi connectivity index (χ2v) is 5.93. The van der Waals surface area contributed by atoms with Crippen LogP contribution in [0, 0.1) is 6.92 Å². The SMILES string of the molecule is Cc1ccc(-c2cc(C(=O)OCC(=O)NC(N)=O)c3ccccc3n2)cc1. The molecule has 3 amide bonds. The van der Waals surface area contributed by atoms with Gasteiger partial charge in [0.1, 0.15) is 0 Å². The quantitative estimate of drug-likeness (QED) is 0.692. The number of hydrogen-bond donors (Lipinski definition) is 2. The Morgan fingerprint density at radius 2 is 1.78 bits per heavy atom. The molecule has 0 spiro atoms. The van der Waals surface area contributed by atoms with Crippen LogP contribution in [-0.4, -0.2) is 29.5 Å². The standard InChI is InChI=1S/C20H17N3O4/c1-12-6-8-13(9-7-12)17-10-15(14-4-2-3-5-16(14)22-17)19(25)27-11-18(24)23-20(21)26/h2-10H,11H2,1H3,(H3,21,23,24,26). The number of rotatable bonds is 4.